The molecule has 5 nitrogen and oxygen atoms in total. The first-order valence-electron chi connectivity index (χ1n) is 19.3. The zero-order valence-corrected chi connectivity index (χ0v) is 33.9. The molecule has 0 aliphatic carbocycles. The van der Waals surface area contributed by atoms with Crippen LogP contribution >= 0.6 is 16.5 Å². The van der Waals surface area contributed by atoms with Crippen LogP contribution in [0.4, 0.5) is 0 Å². The molecule has 284 valence electrons. The summed E-state index contributed by atoms with van der Waals surface area (Å²) in [7, 11) is -3.28. The van der Waals surface area contributed by atoms with Gasteiger partial charge in [-0.15, -0.1) is 0 Å². The van der Waals surface area contributed by atoms with Crippen molar-refractivity contribution in [3.05, 3.63) is 228 Å². The Labute approximate surface area is 338 Å². The third-order valence-electron chi connectivity index (χ3n) is 10.8. The van der Waals surface area contributed by atoms with Crippen LogP contribution in [0.1, 0.15) is 41.7 Å². The van der Waals surface area contributed by atoms with E-state index in [0.29, 0.717) is 0 Å². The van der Waals surface area contributed by atoms with Crippen LogP contribution in [0.2, 0.25) is 0 Å². The zero-order chi connectivity index (χ0) is 38.9. The quantitative estimate of drug-likeness (QED) is 0.136. The Bertz CT molecular complexity index is 2180. The van der Waals surface area contributed by atoms with Gasteiger partial charge in [-0.2, -0.15) is 0 Å². The summed E-state index contributed by atoms with van der Waals surface area (Å²) in [5, 5.41) is 3.51. The molecule has 0 unspecified atom stereocenters. The molecule has 57 heavy (non-hydrogen) atoms. The molecule has 0 radical (unpaired) electrons. The molecule has 2 aliphatic heterocycles. The molecular formula is C50H44O5P2. The van der Waals surface area contributed by atoms with Crippen LogP contribution < -0.4 is 20.4 Å². The van der Waals surface area contributed by atoms with E-state index in [0.717, 1.165) is 38.9 Å². The van der Waals surface area contributed by atoms with E-state index in [-0.39, 0.29) is 0 Å². The predicted octanol–water partition coefficient (Wildman–Crippen LogP) is 10.8. The Morgan fingerprint density at radius 2 is 0.807 bits per heavy atom. The minimum atomic E-state index is -2.25. The Morgan fingerprint density at radius 1 is 0.456 bits per heavy atom. The maximum absolute atomic E-state index is 7.70. The summed E-state index contributed by atoms with van der Waals surface area (Å²) in [6.45, 7) is 6.04. The fourth-order valence-electron chi connectivity index (χ4n) is 8.28. The molecule has 2 aliphatic rings. The van der Waals surface area contributed by atoms with Gasteiger partial charge < -0.3 is 14.0 Å². The van der Waals surface area contributed by atoms with E-state index >= 15 is 0 Å². The second kappa shape index (κ2) is 15.8. The molecule has 9 rings (SSSR count). The Morgan fingerprint density at radius 3 is 1.18 bits per heavy atom. The van der Waals surface area contributed by atoms with Crippen molar-refractivity contribution in [2.24, 2.45) is 0 Å². The van der Waals surface area contributed by atoms with Crippen LogP contribution in [0, 0.1) is 6.92 Å². The van der Waals surface area contributed by atoms with Gasteiger partial charge >= 0.3 is 8.60 Å². The van der Waals surface area contributed by atoms with Crippen LogP contribution in [-0.4, -0.2) is 18.0 Å². The summed E-state index contributed by atoms with van der Waals surface area (Å²) in [6.07, 6.45) is -1.40. The highest BCUT2D eigenvalue weighted by atomic mass is 31.2. The van der Waals surface area contributed by atoms with Crippen molar-refractivity contribution in [1.29, 1.82) is 0 Å². The minimum Gasteiger partial charge on any atom is -0.426 e. The van der Waals surface area contributed by atoms with E-state index in [2.05, 4.69) is 134 Å². The molecule has 7 aromatic carbocycles. The van der Waals surface area contributed by atoms with Gasteiger partial charge in [0.25, 0.3) is 0 Å². The number of aryl methyl sites for hydroxylation is 1. The lowest BCUT2D eigenvalue weighted by Gasteiger charge is -2.41. The fraction of sp³-hybridized carbons (Fsp3) is 0.160. The molecule has 0 bridgehead atoms. The third kappa shape index (κ3) is 6.94. The Balaban J connectivity index is 1.32. The summed E-state index contributed by atoms with van der Waals surface area (Å²) >= 11 is 0. The van der Waals surface area contributed by atoms with Crippen LogP contribution in [0.3, 0.4) is 0 Å². The van der Waals surface area contributed by atoms with E-state index in [1.165, 1.54) is 10.6 Å². The first kappa shape index (κ1) is 37.6. The summed E-state index contributed by atoms with van der Waals surface area (Å²) in [5.41, 5.74) is 2.15. The Kier molecular flexibility index (Phi) is 10.4. The number of ether oxygens (including phenoxy) is 2. The SMILES string of the molecule is Cc1cccc(P(c2ccccc2)c2ccccc2)c1OP1OC(c2ccccc2)(c2ccccc2)[C@@H]2OC(C)(C)O[C@H]2C(c2ccccc2)(c2ccccc2)O1. The summed E-state index contributed by atoms with van der Waals surface area (Å²) in [5.74, 6) is -0.251. The lowest BCUT2D eigenvalue weighted by atomic mass is 9.72. The summed E-state index contributed by atoms with van der Waals surface area (Å²) < 4.78 is 37.2. The van der Waals surface area contributed by atoms with Crippen molar-refractivity contribution in [2.75, 3.05) is 0 Å². The number of hydrogen-bond donors (Lipinski definition) is 0. The van der Waals surface area contributed by atoms with Crippen LogP contribution in [0.25, 0.3) is 0 Å². The number of para-hydroxylation sites is 1. The zero-order valence-electron chi connectivity index (χ0n) is 32.1. The smallest absolute Gasteiger partial charge is 0.399 e. The van der Waals surface area contributed by atoms with Crippen LogP contribution in [-0.2, 0) is 29.7 Å². The van der Waals surface area contributed by atoms with Crippen molar-refractivity contribution in [2.45, 2.75) is 50.0 Å². The molecule has 0 saturated carbocycles. The van der Waals surface area contributed by atoms with Crippen molar-refractivity contribution in [1.82, 2.24) is 0 Å². The van der Waals surface area contributed by atoms with Gasteiger partial charge in [0.2, 0.25) is 0 Å². The lowest BCUT2D eigenvalue weighted by molar-refractivity contribution is -0.175. The molecule has 2 heterocycles. The molecule has 2 atom stereocenters. The van der Waals surface area contributed by atoms with E-state index in [9.17, 15) is 0 Å². The van der Waals surface area contributed by atoms with Gasteiger partial charge in [0.15, 0.2) is 17.0 Å². The normalized spacial score (nSPS) is 19.7. The van der Waals surface area contributed by atoms with Crippen molar-refractivity contribution in [3.63, 3.8) is 0 Å². The van der Waals surface area contributed by atoms with Gasteiger partial charge in [0, 0.05) is 5.30 Å². The molecule has 2 saturated heterocycles. The van der Waals surface area contributed by atoms with Gasteiger partial charge in [-0.05, 0) is 67.1 Å². The Hall–Kier alpha value is -4.96. The molecule has 0 N–H and O–H groups in total. The monoisotopic (exact) mass is 786 g/mol. The molecular weight excluding hydrogens is 742 g/mol. The number of benzene rings is 7. The van der Waals surface area contributed by atoms with Crippen LogP contribution in [0.15, 0.2) is 200 Å². The second-order valence-electron chi connectivity index (χ2n) is 14.8. The molecule has 0 aromatic heterocycles. The van der Waals surface area contributed by atoms with Gasteiger partial charge in [0.05, 0.1) is 0 Å². The highest BCUT2D eigenvalue weighted by Crippen LogP contribution is 2.65. The average Bonchev–Trinajstić information content (AvgIpc) is 3.54. The molecule has 2 fully saturated rings. The predicted molar refractivity (Wildman–Crippen MR) is 231 cm³/mol. The molecule has 0 amide bonds. The molecule has 7 heteroatoms. The number of fused-ring (bicyclic) bond motifs is 1. The first-order valence-corrected chi connectivity index (χ1v) is 21.8. The molecule has 7 aromatic rings. The largest absolute Gasteiger partial charge is 0.426 e. The highest BCUT2D eigenvalue weighted by Gasteiger charge is 2.67. The fourth-order valence-corrected chi connectivity index (χ4v) is 12.4. The second-order valence-corrected chi connectivity index (χ2v) is 18.0. The molecule has 0 spiro atoms. The van der Waals surface area contributed by atoms with Gasteiger partial charge in [-0.1, -0.05) is 200 Å². The summed E-state index contributed by atoms with van der Waals surface area (Å²) in [6, 6.07) is 69.1. The van der Waals surface area contributed by atoms with E-state index in [1.807, 2.05) is 86.6 Å². The maximum atomic E-state index is 7.70. The van der Waals surface area contributed by atoms with Crippen molar-refractivity contribution < 1.29 is 23.0 Å². The summed E-state index contributed by atoms with van der Waals surface area (Å²) in [4.78, 5) is 0. The van der Waals surface area contributed by atoms with E-state index in [1.54, 1.807) is 0 Å². The van der Waals surface area contributed by atoms with Gasteiger partial charge in [-0.25, -0.2) is 0 Å². The van der Waals surface area contributed by atoms with E-state index < -0.39 is 45.7 Å². The van der Waals surface area contributed by atoms with Crippen LogP contribution in [0.5, 0.6) is 5.75 Å². The lowest BCUT2D eigenvalue weighted by Crippen LogP contribution is -2.53. The van der Waals surface area contributed by atoms with Crippen molar-refractivity contribution in [3.8, 4) is 5.75 Å². The first-order chi connectivity index (χ1) is 27.9. The van der Waals surface area contributed by atoms with Crippen molar-refractivity contribution >= 4 is 32.4 Å². The average molecular weight is 787 g/mol. The topological polar surface area (TPSA) is 46.2 Å². The van der Waals surface area contributed by atoms with Gasteiger partial charge in [0.1, 0.15) is 18.0 Å². The third-order valence-corrected chi connectivity index (χ3v) is 14.4. The van der Waals surface area contributed by atoms with E-state index in [4.69, 9.17) is 23.0 Å². The number of rotatable bonds is 9. The maximum Gasteiger partial charge on any atom is 0.399 e. The number of hydrogen-bond acceptors (Lipinski definition) is 5. The van der Waals surface area contributed by atoms with Gasteiger partial charge in [-0.3, -0.25) is 9.05 Å². The standard InChI is InChI=1S/C50H44O5P2/c1-37-23-22-36-44(56(42-32-18-8-19-33-42)43-34-20-9-21-35-43)45(37)53-57-54-49(38-24-10-4-11-25-38,39-26-12-5-13-27-39)46-47(52-48(2,3)51-46)50(55-57,40-28-14-6-15-29-40)41-30-16-7-17-31-41/h4-36,46-47H,1-3H3/t46-,47-/m1/s1. The highest BCUT2D eigenvalue weighted by molar-refractivity contribution is 7.80. The minimum absolute atomic E-state index is 0.698.